The maximum absolute atomic E-state index is 6.50. The molecule has 0 bridgehead atoms. The quantitative estimate of drug-likeness (QED) is 0.165. The van der Waals surface area contributed by atoms with Gasteiger partial charge < -0.3 is 9.32 Å². The van der Waals surface area contributed by atoms with Crippen LogP contribution in [0.2, 0.25) is 0 Å². The molecule has 0 N–H and O–H groups in total. The fourth-order valence-corrected chi connectivity index (χ4v) is 12.0. The van der Waals surface area contributed by atoms with Crippen LogP contribution in [-0.4, -0.2) is 0 Å². The molecule has 11 aromatic rings. The molecule has 2 heteroatoms. The first kappa shape index (κ1) is 42.9. The third kappa shape index (κ3) is 6.54. The van der Waals surface area contributed by atoms with Crippen LogP contribution >= 0.6 is 0 Å². The van der Waals surface area contributed by atoms with Gasteiger partial charge in [0.15, 0.2) is 0 Å². The van der Waals surface area contributed by atoms with Gasteiger partial charge in [-0.15, -0.1) is 0 Å². The Bertz CT molecular complexity index is 3850. The summed E-state index contributed by atoms with van der Waals surface area (Å²) in [5.74, 6) is 0. The lowest BCUT2D eigenvalue weighted by Crippen LogP contribution is -2.27. The number of hydrogen-bond acceptors (Lipinski definition) is 2. The molecule has 10 aromatic carbocycles. The van der Waals surface area contributed by atoms with Crippen LogP contribution in [0.25, 0.3) is 77.6 Å². The summed E-state index contributed by atoms with van der Waals surface area (Å²) in [5, 5.41) is 2.19. The number of benzene rings is 10. The first-order valence-electron chi connectivity index (χ1n) is 25.1. The van der Waals surface area contributed by atoms with Crippen molar-refractivity contribution in [1.82, 2.24) is 0 Å². The van der Waals surface area contributed by atoms with E-state index in [1.807, 2.05) is 0 Å². The Labute approximate surface area is 417 Å². The Morgan fingerprint density at radius 2 is 0.845 bits per heavy atom. The molecule has 0 amide bonds. The topological polar surface area (TPSA) is 16.4 Å². The average Bonchev–Trinajstić information content (AvgIpc) is 4.02. The van der Waals surface area contributed by atoms with E-state index in [1.165, 1.54) is 83.5 Å². The number of para-hydroxylation sites is 2. The predicted molar refractivity (Wildman–Crippen MR) is 298 cm³/mol. The summed E-state index contributed by atoms with van der Waals surface area (Å²) < 4.78 is 6.50. The van der Waals surface area contributed by atoms with E-state index in [0.717, 1.165) is 44.6 Å². The zero-order valence-electron chi connectivity index (χ0n) is 41.2. The molecular weight excluding hydrogens is 859 g/mol. The van der Waals surface area contributed by atoms with Crippen LogP contribution in [0.4, 0.5) is 17.1 Å². The van der Waals surface area contributed by atoms with Gasteiger partial charge in [-0.2, -0.15) is 0 Å². The van der Waals surface area contributed by atoms with Crippen molar-refractivity contribution in [3.8, 4) is 55.6 Å². The molecule has 0 saturated heterocycles. The lowest BCUT2D eigenvalue weighted by molar-refractivity contribution is 0.586. The highest BCUT2D eigenvalue weighted by Gasteiger charge is 2.53. The minimum absolute atomic E-state index is 0.0430. The highest BCUT2D eigenvalue weighted by atomic mass is 16.3. The third-order valence-electron chi connectivity index (χ3n) is 15.4. The Hall–Kier alpha value is -8.20. The average molecular weight is 914 g/mol. The predicted octanol–water partition coefficient (Wildman–Crippen LogP) is 19.0. The molecule has 13 rings (SSSR count). The minimum Gasteiger partial charge on any atom is -0.456 e. The SMILES string of the molecule is CC(C)(C)c1ccc2c(c1)C1(c3cc(C(C)(C)C)ccc3-2)c2ccccc2-c2c(N(c3ccc4oc5ccccc5c4c3)c3ccccc3-c3ccccc3-c3ccccc3-c3ccccc3)cccc21. The fraction of sp³-hybridized carbons (Fsp3) is 0.130. The molecule has 0 aliphatic heterocycles. The van der Waals surface area contributed by atoms with E-state index in [1.54, 1.807) is 0 Å². The van der Waals surface area contributed by atoms with Crippen molar-refractivity contribution in [2.24, 2.45) is 0 Å². The molecule has 1 spiro atoms. The first-order valence-corrected chi connectivity index (χ1v) is 25.1. The van der Waals surface area contributed by atoms with Crippen LogP contribution in [0.1, 0.15) is 74.9 Å². The summed E-state index contributed by atoms with van der Waals surface area (Å²) in [6.45, 7) is 14.0. The van der Waals surface area contributed by atoms with Crippen LogP contribution in [0.3, 0.4) is 0 Å². The van der Waals surface area contributed by atoms with Crippen LogP contribution in [0.15, 0.2) is 229 Å². The van der Waals surface area contributed by atoms with E-state index in [0.29, 0.717) is 0 Å². The van der Waals surface area contributed by atoms with Gasteiger partial charge in [0.25, 0.3) is 0 Å². The highest BCUT2D eigenvalue weighted by Crippen LogP contribution is 2.65. The van der Waals surface area contributed by atoms with Crippen LogP contribution < -0.4 is 4.90 Å². The molecular formula is C69H55NO. The minimum atomic E-state index is -0.557. The molecule has 2 aliphatic carbocycles. The lowest BCUT2D eigenvalue weighted by Gasteiger charge is -2.34. The maximum Gasteiger partial charge on any atom is 0.135 e. The second-order valence-corrected chi connectivity index (χ2v) is 21.6. The van der Waals surface area contributed by atoms with Gasteiger partial charge >= 0.3 is 0 Å². The number of rotatable bonds is 6. The Morgan fingerprint density at radius 1 is 0.338 bits per heavy atom. The molecule has 0 radical (unpaired) electrons. The van der Waals surface area contributed by atoms with Crippen molar-refractivity contribution in [2.75, 3.05) is 4.90 Å². The molecule has 0 atom stereocenters. The van der Waals surface area contributed by atoms with E-state index in [9.17, 15) is 0 Å². The summed E-state index contributed by atoms with van der Waals surface area (Å²) in [6, 6.07) is 83.7. The van der Waals surface area contributed by atoms with Gasteiger partial charge in [0.2, 0.25) is 0 Å². The molecule has 71 heavy (non-hydrogen) atoms. The van der Waals surface area contributed by atoms with E-state index in [-0.39, 0.29) is 10.8 Å². The summed E-state index contributed by atoms with van der Waals surface area (Å²) in [5.41, 5.74) is 24.6. The number of hydrogen-bond donors (Lipinski definition) is 0. The smallest absolute Gasteiger partial charge is 0.135 e. The van der Waals surface area contributed by atoms with Gasteiger partial charge in [-0.25, -0.2) is 0 Å². The largest absolute Gasteiger partial charge is 0.456 e. The molecule has 0 unspecified atom stereocenters. The monoisotopic (exact) mass is 913 g/mol. The molecule has 342 valence electrons. The second kappa shape index (κ2) is 15.9. The number of fused-ring (bicyclic) bond motifs is 13. The molecule has 0 fully saturated rings. The van der Waals surface area contributed by atoms with Gasteiger partial charge in [0.05, 0.1) is 16.8 Å². The van der Waals surface area contributed by atoms with E-state index in [4.69, 9.17) is 4.42 Å². The maximum atomic E-state index is 6.50. The second-order valence-electron chi connectivity index (χ2n) is 21.6. The van der Waals surface area contributed by atoms with Crippen molar-refractivity contribution >= 4 is 39.0 Å². The first-order chi connectivity index (χ1) is 34.5. The van der Waals surface area contributed by atoms with Gasteiger partial charge in [0, 0.05) is 27.6 Å². The van der Waals surface area contributed by atoms with Gasteiger partial charge in [0.1, 0.15) is 11.2 Å². The summed E-state index contributed by atoms with van der Waals surface area (Å²) in [4.78, 5) is 2.54. The molecule has 2 aliphatic rings. The summed E-state index contributed by atoms with van der Waals surface area (Å²) in [6.07, 6.45) is 0. The summed E-state index contributed by atoms with van der Waals surface area (Å²) in [7, 11) is 0. The van der Waals surface area contributed by atoms with Crippen molar-refractivity contribution in [3.63, 3.8) is 0 Å². The third-order valence-corrected chi connectivity index (χ3v) is 15.4. The normalized spacial score (nSPS) is 13.3. The van der Waals surface area contributed by atoms with E-state index >= 15 is 0 Å². The van der Waals surface area contributed by atoms with Crippen LogP contribution in [0.5, 0.6) is 0 Å². The number of nitrogens with zero attached hydrogens (tertiary/aromatic N) is 1. The van der Waals surface area contributed by atoms with E-state index < -0.39 is 5.41 Å². The number of anilines is 3. The lowest BCUT2D eigenvalue weighted by atomic mass is 9.69. The van der Waals surface area contributed by atoms with E-state index in [2.05, 4.69) is 271 Å². The molecule has 0 saturated carbocycles. The molecule has 1 aromatic heterocycles. The fourth-order valence-electron chi connectivity index (χ4n) is 12.0. The molecule has 2 nitrogen and oxygen atoms in total. The zero-order valence-corrected chi connectivity index (χ0v) is 41.2. The van der Waals surface area contributed by atoms with Crippen molar-refractivity contribution in [1.29, 1.82) is 0 Å². The van der Waals surface area contributed by atoms with Crippen LogP contribution in [0, 0.1) is 0 Å². The Balaban J connectivity index is 1.12. The standard InChI is InChI=1S/C69H55NO/c1-67(2,3)45-35-38-52-53-39-36-46(68(4,5)6)42-61(53)69(60(52)41-45)58-30-17-14-29-56(58)66-59(69)31-20-33-63(66)70(47-37-40-65-57(43-47)55-28-16-19-34-64(55)71-65)62-32-18-15-27-54(62)51-26-13-12-25-50(51)49-24-11-10-23-48(49)44-21-8-7-9-22-44/h7-43H,1-6H3. The van der Waals surface area contributed by atoms with Crippen LogP contribution in [-0.2, 0) is 16.2 Å². The van der Waals surface area contributed by atoms with Gasteiger partial charge in [-0.1, -0.05) is 230 Å². The molecule has 1 heterocycles. The Kier molecular flexibility index (Phi) is 9.61. The van der Waals surface area contributed by atoms with Crippen molar-refractivity contribution < 1.29 is 4.42 Å². The van der Waals surface area contributed by atoms with Gasteiger partial charge in [-0.05, 0) is 125 Å². The highest BCUT2D eigenvalue weighted by molar-refractivity contribution is 6.09. The van der Waals surface area contributed by atoms with Crippen molar-refractivity contribution in [2.45, 2.75) is 57.8 Å². The van der Waals surface area contributed by atoms with Gasteiger partial charge in [-0.3, -0.25) is 0 Å². The van der Waals surface area contributed by atoms with Crippen molar-refractivity contribution in [3.05, 3.63) is 258 Å². The zero-order chi connectivity index (χ0) is 48.2. The number of furan rings is 1. The Morgan fingerprint density at radius 3 is 1.52 bits per heavy atom. The summed E-state index contributed by atoms with van der Waals surface area (Å²) >= 11 is 0.